The molecule has 84 valence electrons. The van der Waals surface area contributed by atoms with E-state index in [1.165, 1.54) is 18.6 Å². The van der Waals surface area contributed by atoms with E-state index >= 15 is 0 Å². The van der Waals surface area contributed by atoms with Gasteiger partial charge in [0.1, 0.15) is 6.54 Å². The normalized spacial score (nSPS) is 8.38. The molecule has 0 bridgehead atoms. The van der Waals surface area contributed by atoms with Gasteiger partial charge in [-0.2, -0.15) is 5.26 Å². The van der Waals surface area contributed by atoms with E-state index in [4.69, 9.17) is 10.7 Å². The van der Waals surface area contributed by atoms with Crippen molar-refractivity contribution in [1.82, 2.24) is 0 Å². The molecule has 1 rings (SSSR count). The minimum absolute atomic E-state index is 0.794. The van der Waals surface area contributed by atoms with E-state index in [1.807, 2.05) is 6.07 Å². The summed E-state index contributed by atoms with van der Waals surface area (Å²) in [4.78, 5) is 2.58. The largest absolute Gasteiger partial charge is 0.422 e. The monoisotopic (exact) mass is 216 g/mol. The summed E-state index contributed by atoms with van der Waals surface area (Å²) in [5.74, 6) is 0.794. The number of aryl methyl sites for hydroxylation is 1. The summed E-state index contributed by atoms with van der Waals surface area (Å²) in [6.07, 6.45) is 6.77. The fraction of sp³-hybridized carbons (Fsp3) is 0.417. The lowest BCUT2D eigenvalue weighted by molar-refractivity contribution is -0.698. The molecule has 0 amide bonds. The second kappa shape index (κ2) is 9.57. The summed E-state index contributed by atoms with van der Waals surface area (Å²) in [6, 6.07) is 7.47. The zero-order chi connectivity index (χ0) is 12.2. The highest BCUT2D eigenvalue weighted by atomic mass is 14.9. The third kappa shape index (κ3) is 8.61. The van der Waals surface area contributed by atoms with Crippen LogP contribution in [0.25, 0.3) is 5.41 Å². The minimum atomic E-state index is 0.794. The van der Waals surface area contributed by atoms with Gasteiger partial charge in [0.2, 0.25) is 0 Å². The van der Waals surface area contributed by atoms with Crippen LogP contribution in [-0.4, -0.2) is 6.01 Å². The number of nitriles is 1. The van der Waals surface area contributed by atoms with Crippen molar-refractivity contribution in [1.29, 1.82) is 5.26 Å². The molecule has 0 aliphatic heterocycles. The number of hydrogen-bond donors (Lipinski definition) is 0. The Morgan fingerprint density at radius 2 is 1.94 bits per heavy atom. The van der Waals surface area contributed by atoms with Gasteiger partial charge in [0.05, 0.1) is 6.19 Å². The molecule has 0 atom stereocenters. The van der Waals surface area contributed by atoms with Gasteiger partial charge in [0.15, 0.2) is 12.4 Å². The summed E-state index contributed by atoms with van der Waals surface area (Å²) in [6.45, 7) is 5.64. The quantitative estimate of drug-likeness (QED) is 0.434. The lowest BCUT2D eigenvalue weighted by Crippen LogP contribution is -2.32. The van der Waals surface area contributed by atoms with Crippen LogP contribution in [0.5, 0.6) is 0 Å². The summed E-state index contributed by atoms with van der Waals surface area (Å²) < 4.78 is 2.22. The first-order valence-corrected chi connectivity index (χ1v) is 5.12. The Hall–Kier alpha value is -1.98. The lowest BCUT2D eigenvalue weighted by Gasteiger charge is -1.99. The van der Waals surface area contributed by atoms with E-state index < -0.39 is 0 Å². The number of aliphatic imine (C=N–C) groups is 1. The van der Waals surface area contributed by atoms with Gasteiger partial charge in [-0.15, -0.1) is 6.01 Å². The maximum atomic E-state index is 7.43. The molecule has 0 fully saturated rings. The van der Waals surface area contributed by atoms with E-state index in [0.29, 0.717) is 0 Å². The van der Waals surface area contributed by atoms with Gasteiger partial charge in [-0.3, -0.25) is 0 Å². The molecule has 0 aromatic carbocycles. The molecule has 0 saturated heterocycles. The van der Waals surface area contributed by atoms with Gasteiger partial charge >= 0.3 is 0 Å². The van der Waals surface area contributed by atoms with Crippen molar-refractivity contribution in [2.24, 2.45) is 10.9 Å². The van der Waals surface area contributed by atoms with Crippen LogP contribution in [0.1, 0.15) is 20.3 Å². The van der Waals surface area contributed by atoms with E-state index in [2.05, 4.69) is 47.9 Å². The highest BCUT2D eigenvalue weighted by Gasteiger charge is 1.99. The fourth-order valence-electron chi connectivity index (χ4n) is 1.01. The van der Waals surface area contributed by atoms with Crippen LogP contribution in [0.15, 0.2) is 35.6 Å². The van der Waals surface area contributed by atoms with Gasteiger partial charge in [-0.1, -0.05) is 19.9 Å². The third-order valence-electron chi connectivity index (χ3n) is 1.84. The number of hydrogen-bond acceptors (Lipinski definition) is 2. The number of rotatable bonds is 3. The van der Waals surface area contributed by atoms with Crippen molar-refractivity contribution in [3.63, 3.8) is 0 Å². The molecule has 0 saturated carbocycles. The highest BCUT2D eigenvalue weighted by Crippen LogP contribution is 1.97. The standard InChI is InChI=1S/C10H16N.C2N3/c1-10(2)6-9-11-7-4-3-5-8-11;3-1-5-2-4/h3-5,7-8,10H,6,9H2,1-2H3;/q+1;-1. The summed E-state index contributed by atoms with van der Waals surface area (Å²) in [7, 11) is 0. The van der Waals surface area contributed by atoms with Crippen molar-refractivity contribution in [3.05, 3.63) is 36.0 Å². The Bertz CT molecular complexity index is 358. The molecule has 0 N–H and O–H groups in total. The van der Waals surface area contributed by atoms with Gasteiger partial charge in [-0.25, -0.2) is 4.57 Å². The zero-order valence-electron chi connectivity index (χ0n) is 9.67. The zero-order valence-corrected chi connectivity index (χ0v) is 9.67. The maximum Gasteiger partial charge on any atom is 0.168 e. The molecule has 1 aromatic rings. The highest BCUT2D eigenvalue weighted by molar-refractivity contribution is 5.46. The van der Waals surface area contributed by atoms with Crippen molar-refractivity contribution in [2.75, 3.05) is 0 Å². The van der Waals surface area contributed by atoms with Crippen LogP contribution in [0.4, 0.5) is 0 Å². The van der Waals surface area contributed by atoms with Crippen LogP contribution >= 0.6 is 0 Å². The molecule has 0 unspecified atom stereocenters. The van der Waals surface area contributed by atoms with E-state index in [9.17, 15) is 0 Å². The average molecular weight is 216 g/mol. The van der Waals surface area contributed by atoms with E-state index in [0.717, 1.165) is 12.5 Å². The molecule has 4 heteroatoms. The fourth-order valence-corrected chi connectivity index (χ4v) is 1.01. The van der Waals surface area contributed by atoms with Crippen LogP contribution in [-0.2, 0) is 6.54 Å². The van der Waals surface area contributed by atoms with Crippen molar-refractivity contribution >= 4 is 6.01 Å². The first kappa shape index (κ1) is 14.0. The first-order valence-electron chi connectivity index (χ1n) is 5.12. The Morgan fingerprint density at radius 1 is 1.31 bits per heavy atom. The Labute approximate surface area is 96.4 Å². The molecular weight excluding hydrogens is 200 g/mol. The van der Waals surface area contributed by atoms with Gasteiger partial charge in [0.25, 0.3) is 0 Å². The smallest absolute Gasteiger partial charge is 0.168 e. The Balaban J connectivity index is 0.000000385. The number of pyridine rings is 1. The molecule has 0 radical (unpaired) electrons. The third-order valence-corrected chi connectivity index (χ3v) is 1.84. The average Bonchev–Trinajstić information content (AvgIpc) is 2.30. The minimum Gasteiger partial charge on any atom is -0.422 e. The molecule has 0 aliphatic carbocycles. The molecular formula is C12H16N4. The maximum absolute atomic E-state index is 7.43. The van der Waals surface area contributed by atoms with Crippen molar-refractivity contribution in [3.8, 4) is 6.19 Å². The predicted molar refractivity (Wildman–Crippen MR) is 62.5 cm³/mol. The Kier molecular flexibility index (Phi) is 8.39. The van der Waals surface area contributed by atoms with Crippen LogP contribution in [0, 0.1) is 17.4 Å². The van der Waals surface area contributed by atoms with Crippen LogP contribution < -0.4 is 4.57 Å². The molecule has 16 heavy (non-hydrogen) atoms. The predicted octanol–water partition coefficient (Wildman–Crippen LogP) is 2.23. The molecule has 0 aliphatic rings. The topological polar surface area (TPSA) is 62.3 Å². The second-order valence-corrected chi connectivity index (χ2v) is 3.61. The second-order valence-electron chi connectivity index (χ2n) is 3.61. The number of aromatic nitrogens is 1. The summed E-state index contributed by atoms with van der Waals surface area (Å²) in [5, 5.41) is 14.9. The number of nitrogens with zero attached hydrogens (tertiary/aromatic N) is 4. The molecule has 1 aromatic heterocycles. The van der Waals surface area contributed by atoms with Gasteiger partial charge in [-0.05, 0) is 5.92 Å². The lowest BCUT2D eigenvalue weighted by atomic mass is 10.1. The molecule has 4 nitrogen and oxygen atoms in total. The van der Waals surface area contributed by atoms with Crippen molar-refractivity contribution in [2.45, 2.75) is 26.8 Å². The molecule has 1 heterocycles. The SMILES string of the molecule is CC(C)CC[n+]1ccccc1.N#CN=C=[N-]. The molecule has 0 spiro atoms. The van der Waals surface area contributed by atoms with Crippen molar-refractivity contribution < 1.29 is 4.57 Å². The van der Waals surface area contributed by atoms with E-state index in [-0.39, 0.29) is 0 Å². The Morgan fingerprint density at radius 3 is 2.31 bits per heavy atom. The van der Waals surface area contributed by atoms with Gasteiger partial charge in [0, 0.05) is 18.6 Å². The van der Waals surface area contributed by atoms with Crippen LogP contribution in [0.3, 0.4) is 0 Å². The summed E-state index contributed by atoms with van der Waals surface area (Å²) >= 11 is 0. The van der Waals surface area contributed by atoms with Gasteiger partial charge < -0.3 is 10.4 Å². The van der Waals surface area contributed by atoms with Crippen LogP contribution in [0.2, 0.25) is 0 Å². The first-order chi connectivity index (χ1) is 7.70. The van der Waals surface area contributed by atoms with E-state index in [1.54, 1.807) is 0 Å². The summed E-state index contributed by atoms with van der Waals surface area (Å²) in [5.41, 5.74) is 0.